The van der Waals surface area contributed by atoms with Crippen LogP contribution in [0.1, 0.15) is 26.3 Å². The Morgan fingerprint density at radius 1 is 0.810 bits per heavy atom. The molecule has 0 aliphatic rings. The van der Waals surface area contributed by atoms with Gasteiger partial charge in [0.25, 0.3) is 0 Å². The summed E-state index contributed by atoms with van der Waals surface area (Å²) in [5, 5.41) is 25.5. The van der Waals surface area contributed by atoms with Crippen LogP contribution in [0.2, 0.25) is 0 Å². The maximum Gasteiger partial charge on any atom is 0.335 e. The normalized spacial score (nSPS) is 10.7. The number of hydrogen-bond donors (Lipinski definition) is 2. The molecule has 2 aromatic carbocycles. The molecule has 0 aromatic heterocycles. The van der Waals surface area contributed by atoms with Crippen molar-refractivity contribution in [2.75, 3.05) is 0 Å². The van der Waals surface area contributed by atoms with Gasteiger partial charge in [-0.05, 0) is 42.0 Å². The molecule has 0 aliphatic carbocycles. The molecule has 2 N–H and O–H groups in total. The molecule has 0 fully saturated rings. The van der Waals surface area contributed by atoms with Crippen LogP contribution in [-0.4, -0.2) is 22.2 Å². The number of rotatable bonds is 5. The topological polar surface area (TPSA) is 99.3 Å². The molecule has 0 bridgehead atoms. The molecule has 106 valence electrons. The zero-order chi connectivity index (χ0) is 15.2. The average molecular weight is 284 g/mol. The fourth-order valence-electron chi connectivity index (χ4n) is 1.62. The zero-order valence-electron chi connectivity index (χ0n) is 10.9. The largest absolute Gasteiger partial charge is 0.478 e. The molecule has 0 heterocycles. The number of carbonyl (C=O) groups is 2. The number of carboxylic acid groups (broad SMARTS) is 2. The summed E-state index contributed by atoms with van der Waals surface area (Å²) >= 11 is 0. The van der Waals surface area contributed by atoms with E-state index in [9.17, 15) is 9.59 Å². The van der Waals surface area contributed by atoms with Crippen LogP contribution in [0.25, 0.3) is 0 Å². The van der Waals surface area contributed by atoms with Crippen molar-refractivity contribution < 1.29 is 19.8 Å². The Kier molecular flexibility index (Phi) is 4.40. The van der Waals surface area contributed by atoms with Crippen molar-refractivity contribution in [2.45, 2.75) is 6.54 Å². The van der Waals surface area contributed by atoms with Gasteiger partial charge < -0.3 is 10.2 Å². The molecule has 21 heavy (non-hydrogen) atoms. The molecule has 0 atom stereocenters. The first-order valence-corrected chi connectivity index (χ1v) is 6.09. The summed E-state index contributed by atoms with van der Waals surface area (Å²) < 4.78 is 0. The van der Waals surface area contributed by atoms with Crippen LogP contribution in [0.4, 0.5) is 5.69 Å². The lowest BCUT2D eigenvalue weighted by molar-refractivity contribution is 0.0686. The minimum atomic E-state index is -0.989. The summed E-state index contributed by atoms with van der Waals surface area (Å²) in [6, 6.07) is 12.4. The van der Waals surface area contributed by atoms with E-state index in [0.29, 0.717) is 12.2 Å². The van der Waals surface area contributed by atoms with Crippen molar-refractivity contribution in [1.29, 1.82) is 0 Å². The summed E-state index contributed by atoms with van der Waals surface area (Å²) in [7, 11) is 0. The third kappa shape index (κ3) is 3.97. The summed E-state index contributed by atoms with van der Waals surface area (Å²) in [6.07, 6.45) is 0. The van der Waals surface area contributed by atoms with Gasteiger partial charge in [-0.1, -0.05) is 12.1 Å². The van der Waals surface area contributed by atoms with E-state index in [1.54, 1.807) is 24.3 Å². The first kappa shape index (κ1) is 14.4. The average Bonchev–Trinajstić information content (AvgIpc) is 2.48. The highest BCUT2D eigenvalue weighted by Gasteiger charge is 2.02. The van der Waals surface area contributed by atoms with Gasteiger partial charge in [-0.15, -0.1) is 0 Å². The van der Waals surface area contributed by atoms with Crippen molar-refractivity contribution in [3.8, 4) is 0 Å². The second-order valence-electron chi connectivity index (χ2n) is 4.25. The Hall–Kier alpha value is -3.02. The fourth-order valence-corrected chi connectivity index (χ4v) is 1.62. The lowest BCUT2D eigenvalue weighted by Crippen LogP contribution is -1.95. The zero-order valence-corrected chi connectivity index (χ0v) is 10.9. The van der Waals surface area contributed by atoms with Crippen LogP contribution in [0.5, 0.6) is 0 Å². The van der Waals surface area contributed by atoms with Crippen molar-refractivity contribution >= 4 is 17.6 Å². The Morgan fingerprint density at radius 3 is 1.76 bits per heavy atom. The number of azo groups is 1. The van der Waals surface area contributed by atoms with Crippen LogP contribution < -0.4 is 0 Å². The highest BCUT2D eigenvalue weighted by Crippen LogP contribution is 2.14. The molecule has 0 saturated carbocycles. The van der Waals surface area contributed by atoms with E-state index in [2.05, 4.69) is 10.2 Å². The molecule has 0 spiro atoms. The van der Waals surface area contributed by atoms with Crippen LogP contribution >= 0.6 is 0 Å². The van der Waals surface area contributed by atoms with Gasteiger partial charge in [0, 0.05) is 0 Å². The highest BCUT2D eigenvalue weighted by molar-refractivity contribution is 5.88. The van der Waals surface area contributed by atoms with Crippen molar-refractivity contribution in [3.63, 3.8) is 0 Å². The number of carboxylic acids is 2. The molecule has 6 heteroatoms. The van der Waals surface area contributed by atoms with Crippen molar-refractivity contribution in [1.82, 2.24) is 0 Å². The van der Waals surface area contributed by atoms with Gasteiger partial charge in [-0.2, -0.15) is 10.2 Å². The third-order valence-corrected chi connectivity index (χ3v) is 2.75. The Labute approximate surface area is 120 Å². The second kappa shape index (κ2) is 6.42. The Bertz CT molecular complexity index is 676. The fraction of sp³-hybridized carbons (Fsp3) is 0.0667. The lowest BCUT2D eigenvalue weighted by atomic mass is 10.1. The van der Waals surface area contributed by atoms with Crippen LogP contribution in [0, 0.1) is 0 Å². The van der Waals surface area contributed by atoms with E-state index < -0.39 is 11.9 Å². The van der Waals surface area contributed by atoms with E-state index in [1.165, 1.54) is 24.3 Å². The maximum absolute atomic E-state index is 10.7. The van der Waals surface area contributed by atoms with Crippen LogP contribution in [0.15, 0.2) is 58.8 Å². The quantitative estimate of drug-likeness (QED) is 0.822. The first-order valence-electron chi connectivity index (χ1n) is 6.09. The van der Waals surface area contributed by atoms with Crippen LogP contribution in [0.3, 0.4) is 0 Å². The van der Waals surface area contributed by atoms with Gasteiger partial charge in [-0.3, -0.25) is 0 Å². The summed E-state index contributed by atoms with van der Waals surface area (Å²) in [5.41, 5.74) is 1.81. The van der Waals surface area contributed by atoms with E-state index in [1.807, 2.05) is 0 Å². The highest BCUT2D eigenvalue weighted by atomic mass is 16.4. The van der Waals surface area contributed by atoms with Crippen LogP contribution in [-0.2, 0) is 6.54 Å². The minimum Gasteiger partial charge on any atom is -0.478 e. The predicted molar refractivity (Wildman–Crippen MR) is 75.0 cm³/mol. The lowest BCUT2D eigenvalue weighted by Gasteiger charge is -1.98. The van der Waals surface area contributed by atoms with Gasteiger partial charge >= 0.3 is 11.9 Å². The summed E-state index contributed by atoms with van der Waals surface area (Å²) in [4.78, 5) is 21.4. The SMILES string of the molecule is O=C(O)c1ccc(CN=Nc2ccc(C(=O)O)cc2)cc1. The molecular weight excluding hydrogens is 272 g/mol. The molecule has 0 radical (unpaired) electrons. The van der Waals surface area contributed by atoms with Gasteiger partial charge in [0.15, 0.2) is 0 Å². The smallest absolute Gasteiger partial charge is 0.335 e. The standard InChI is InChI=1S/C15H12N2O4/c18-14(19)11-3-1-10(2-4-11)9-16-17-13-7-5-12(6-8-13)15(20)21/h1-8H,9H2,(H,18,19)(H,20,21). The van der Waals surface area contributed by atoms with Crippen molar-refractivity contribution in [3.05, 3.63) is 65.2 Å². The number of hydrogen-bond acceptors (Lipinski definition) is 4. The van der Waals surface area contributed by atoms with E-state index in [-0.39, 0.29) is 11.1 Å². The molecule has 0 aliphatic heterocycles. The maximum atomic E-state index is 10.7. The Balaban J connectivity index is 1.98. The molecule has 0 unspecified atom stereocenters. The van der Waals surface area contributed by atoms with E-state index >= 15 is 0 Å². The van der Waals surface area contributed by atoms with Gasteiger partial charge in [0.05, 0.1) is 23.4 Å². The number of benzene rings is 2. The third-order valence-electron chi connectivity index (χ3n) is 2.75. The second-order valence-corrected chi connectivity index (χ2v) is 4.25. The molecule has 0 saturated heterocycles. The first-order chi connectivity index (χ1) is 10.1. The molecular formula is C15H12N2O4. The molecule has 2 aromatic rings. The van der Waals surface area contributed by atoms with E-state index in [4.69, 9.17) is 10.2 Å². The summed E-state index contributed by atoms with van der Waals surface area (Å²) in [6.45, 7) is 0.320. The number of nitrogens with zero attached hydrogens (tertiary/aromatic N) is 2. The van der Waals surface area contributed by atoms with Gasteiger partial charge in [-0.25, -0.2) is 9.59 Å². The van der Waals surface area contributed by atoms with E-state index in [0.717, 1.165) is 5.56 Å². The molecule has 6 nitrogen and oxygen atoms in total. The monoisotopic (exact) mass is 284 g/mol. The molecule has 0 amide bonds. The van der Waals surface area contributed by atoms with Gasteiger partial charge in [0.1, 0.15) is 0 Å². The minimum absolute atomic E-state index is 0.193. The number of aromatic carboxylic acids is 2. The predicted octanol–water partition coefficient (Wildman–Crippen LogP) is 3.37. The molecule has 2 rings (SSSR count). The Morgan fingerprint density at radius 2 is 1.29 bits per heavy atom. The van der Waals surface area contributed by atoms with Crippen molar-refractivity contribution in [2.24, 2.45) is 10.2 Å². The summed E-state index contributed by atoms with van der Waals surface area (Å²) in [5.74, 6) is -1.96. The van der Waals surface area contributed by atoms with Gasteiger partial charge in [0.2, 0.25) is 0 Å².